The number of benzene rings is 1. The second-order valence-electron chi connectivity index (χ2n) is 5.03. The maximum Gasteiger partial charge on any atom is 0.158 e. The maximum absolute atomic E-state index is 12.0. The number of carbonyl (C=O) groups is 1. The Morgan fingerprint density at radius 3 is 2.44 bits per heavy atom. The quantitative estimate of drug-likeness (QED) is 0.739. The van der Waals surface area contributed by atoms with Gasteiger partial charge < -0.3 is 4.90 Å². The Labute approximate surface area is 109 Å². The molecular weight excluding hydrogens is 222 g/mol. The Morgan fingerprint density at radius 1 is 1.39 bits per heavy atom. The van der Waals surface area contributed by atoms with Crippen LogP contribution in [0.2, 0.25) is 0 Å². The molecule has 1 aliphatic carbocycles. The van der Waals surface area contributed by atoms with E-state index in [9.17, 15) is 4.79 Å². The smallest absolute Gasteiger partial charge is 0.158 e. The molecule has 0 spiro atoms. The van der Waals surface area contributed by atoms with Crippen molar-refractivity contribution in [2.24, 2.45) is 0 Å². The maximum atomic E-state index is 12.0. The molecule has 0 amide bonds. The molecule has 2 nitrogen and oxygen atoms in total. The fourth-order valence-electron chi connectivity index (χ4n) is 2.66. The largest absolute Gasteiger partial charge is 0.362 e. The molecule has 0 heterocycles. The van der Waals surface area contributed by atoms with Gasteiger partial charge in [0.05, 0.1) is 0 Å². The fraction of sp³-hybridized carbons (Fsp3) is 0.438. The molecular formula is C16H21NO. The fourth-order valence-corrected chi connectivity index (χ4v) is 2.66. The lowest BCUT2D eigenvalue weighted by molar-refractivity contribution is -0.131. The molecule has 1 atom stereocenters. The summed E-state index contributed by atoms with van der Waals surface area (Å²) in [6.07, 6.45) is 5.27. The topological polar surface area (TPSA) is 20.3 Å². The zero-order chi connectivity index (χ0) is 13.2. The van der Waals surface area contributed by atoms with Crippen molar-refractivity contribution in [3.05, 3.63) is 42.5 Å². The highest BCUT2D eigenvalue weighted by atomic mass is 16.1. The first-order chi connectivity index (χ1) is 8.64. The monoisotopic (exact) mass is 243 g/mol. The molecule has 0 radical (unpaired) electrons. The van der Waals surface area contributed by atoms with Gasteiger partial charge in [0.1, 0.15) is 5.54 Å². The number of likely N-dealkylation sites (N-methyl/N-ethyl adjacent to an activating group) is 1. The molecule has 2 heteroatoms. The molecule has 1 fully saturated rings. The zero-order valence-corrected chi connectivity index (χ0v) is 11.3. The van der Waals surface area contributed by atoms with Gasteiger partial charge in [0, 0.05) is 19.2 Å². The summed E-state index contributed by atoms with van der Waals surface area (Å²) >= 11 is 0. The van der Waals surface area contributed by atoms with Crippen LogP contribution in [0.4, 0.5) is 5.69 Å². The minimum atomic E-state index is -0.338. The van der Waals surface area contributed by atoms with E-state index in [1.54, 1.807) is 0 Å². The van der Waals surface area contributed by atoms with Gasteiger partial charge in [-0.15, -0.1) is 6.58 Å². The van der Waals surface area contributed by atoms with E-state index >= 15 is 0 Å². The molecule has 96 valence electrons. The van der Waals surface area contributed by atoms with Gasteiger partial charge in [0.25, 0.3) is 0 Å². The summed E-state index contributed by atoms with van der Waals surface area (Å²) in [5.41, 5.74) is 2.10. The molecule has 0 aromatic heterocycles. The molecule has 1 saturated carbocycles. The predicted octanol–water partition coefficient (Wildman–Crippen LogP) is 3.36. The second kappa shape index (κ2) is 4.97. The number of ketones is 1. The highest BCUT2D eigenvalue weighted by Gasteiger charge is 2.48. The standard InChI is InChI=1S/C16H21NO/c1-4-11-16(12-10-15(16)18)17(3)14-8-6-13(5-2)7-9-14/h4,6-9H,1,5,10-12H2,2-3H3. The Balaban J connectivity index is 2.25. The van der Waals surface area contributed by atoms with E-state index in [4.69, 9.17) is 0 Å². The molecule has 1 aliphatic rings. The lowest BCUT2D eigenvalue weighted by Crippen LogP contribution is -2.59. The molecule has 0 N–H and O–H groups in total. The lowest BCUT2D eigenvalue weighted by Gasteiger charge is -2.47. The molecule has 2 rings (SSSR count). The average molecular weight is 243 g/mol. The van der Waals surface area contributed by atoms with Crippen LogP contribution in [0.25, 0.3) is 0 Å². The lowest BCUT2D eigenvalue weighted by atomic mass is 9.71. The summed E-state index contributed by atoms with van der Waals surface area (Å²) < 4.78 is 0. The van der Waals surface area contributed by atoms with Gasteiger partial charge in [-0.05, 0) is 37.0 Å². The van der Waals surface area contributed by atoms with Crippen LogP contribution in [0.15, 0.2) is 36.9 Å². The van der Waals surface area contributed by atoms with Gasteiger partial charge >= 0.3 is 0 Å². The molecule has 0 aliphatic heterocycles. The van der Waals surface area contributed by atoms with E-state index in [0.717, 1.165) is 24.9 Å². The predicted molar refractivity (Wildman–Crippen MR) is 76.0 cm³/mol. The third kappa shape index (κ3) is 1.96. The van der Waals surface area contributed by atoms with Crippen LogP contribution in [-0.2, 0) is 11.2 Å². The van der Waals surface area contributed by atoms with Gasteiger partial charge in [0.15, 0.2) is 5.78 Å². The van der Waals surface area contributed by atoms with E-state index in [1.807, 2.05) is 13.1 Å². The molecule has 0 saturated heterocycles. The molecule has 1 aromatic carbocycles. The number of hydrogen-bond donors (Lipinski definition) is 0. The van der Waals surface area contributed by atoms with Gasteiger partial charge in [0.2, 0.25) is 0 Å². The van der Waals surface area contributed by atoms with Crippen LogP contribution in [0.3, 0.4) is 0 Å². The number of aryl methyl sites for hydroxylation is 1. The third-order valence-corrected chi connectivity index (χ3v) is 4.14. The summed E-state index contributed by atoms with van der Waals surface area (Å²) in [6, 6.07) is 8.48. The minimum absolute atomic E-state index is 0.337. The van der Waals surface area contributed by atoms with Crippen LogP contribution in [0, 0.1) is 0 Å². The second-order valence-corrected chi connectivity index (χ2v) is 5.03. The van der Waals surface area contributed by atoms with E-state index in [2.05, 4.69) is 42.7 Å². The number of rotatable bonds is 5. The number of hydrogen-bond acceptors (Lipinski definition) is 2. The molecule has 18 heavy (non-hydrogen) atoms. The van der Waals surface area contributed by atoms with Crippen LogP contribution >= 0.6 is 0 Å². The summed E-state index contributed by atoms with van der Waals surface area (Å²) in [5.74, 6) is 0.337. The first-order valence-corrected chi connectivity index (χ1v) is 6.61. The van der Waals surface area contributed by atoms with E-state index in [1.165, 1.54) is 5.56 Å². The molecule has 0 bridgehead atoms. The molecule has 1 aromatic rings. The normalized spacial score (nSPS) is 22.4. The van der Waals surface area contributed by atoms with Gasteiger partial charge in [-0.25, -0.2) is 0 Å². The first-order valence-electron chi connectivity index (χ1n) is 6.61. The first kappa shape index (κ1) is 12.9. The Bertz CT molecular complexity index is 449. The summed E-state index contributed by atoms with van der Waals surface area (Å²) in [6.45, 7) is 5.93. The Hall–Kier alpha value is -1.57. The van der Waals surface area contributed by atoms with Crippen molar-refractivity contribution in [1.82, 2.24) is 0 Å². The van der Waals surface area contributed by atoms with Crippen LogP contribution in [0.1, 0.15) is 31.7 Å². The summed E-state index contributed by atoms with van der Waals surface area (Å²) in [5, 5.41) is 0. The average Bonchev–Trinajstić information content (AvgIpc) is 2.42. The third-order valence-electron chi connectivity index (χ3n) is 4.14. The van der Waals surface area contributed by atoms with Crippen molar-refractivity contribution in [3.63, 3.8) is 0 Å². The molecule has 1 unspecified atom stereocenters. The van der Waals surface area contributed by atoms with Crippen molar-refractivity contribution in [1.29, 1.82) is 0 Å². The van der Waals surface area contributed by atoms with Gasteiger partial charge in [-0.2, -0.15) is 0 Å². The van der Waals surface area contributed by atoms with E-state index < -0.39 is 0 Å². The summed E-state index contributed by atoms with van der Waals surface area (Å²) in [7, 11) is 2.02. The van der Waals surface area contributed by atoms with Gasteiger partial charge in [-0.1, -0.05) is 25.1 Å². The van der Waals surface area contributed by atoms with Gasteiger partial charge in [-0.3, -0.25) is 4.79 Å². The van der Waals surface area contributed by atoms with Crippen molar-refractivity contribution in [2.75, 3.05) is 11.9 Å². The summed E-state index contributed by atoms with van der Waals surface area (Å²) in [4.78, 5) is 14.1. The Kier molecular flexibility index (Phi) is 3.55. The van der Waals surface area contributed by atoms with Crippen molar-refractivity contribution in [3.8, 4) is 0 Å². The van der Waals surface area contributed by atoms with Crippen LogP contribution in [-0.4, -0.2) is 18.4 Å². The number of anilines is 1. The highest BCUT2D eigenvalue weighted by Crippen LogP contribution is 2.39. The van der Waals surface area contributed by atoms with Crippen molar-refractivity contribution in [2.45, 2.75) is 38.1 Å². The number of nitrogens with zero attached hydrogens (tertiary/aromatic N) is 1. The van der Waals surface area contributed by atoms with Crippen LogP contribution < -0.4 is 4.90 Å². The Morgan fingerprint density at radius 2 is 2.06 bits per heavy atom. The van der Waals surface area contributed by atoms with Crippen LogP contribution in [0.5, 0.6) is 0 Å². The van der Waals surface area contributed by atoms with E-state index in [0.29, 0.717) is 12.2 Å². The van der Waals surface area contributed by atoms with Crippen molar-refractivity contribution < 1.29 is 4.79 Å². The van der Waals surface area contributed by atoms with E-state index in [-0.39, 0.29) is 5.54 Å². The zero-order valence-electron chi connectivity index (χ0n) is 11.3. The SMILES string of the molecule is C=CCC1(N(C)c2ccc(CC)cc2)CCC1=O. The number of Topliss-reactive ketones (excluding diaryl/α,β-unsaturated/α-hetero) is 1. The highest BCUT2D eigenvalue weighted by molar-refractivity contribution is 5.97. The van der Waals surface area contributed by atoms with Crippen molar-refractivity contribution >= 4 is 11.5 Å². The minimum Gasteiger partial charge on any atom is -0.362 e. The number of carbonyl (C=O) groups excluding carboxylic acids is 1.